The molecule has 0 bridgehead atoms. The van der Waals surface area contributed by atoms with Crippen molar-refractivity contribution in [1.82, 2.24) is 0 Å². The van der Waals surface area contributed by atoms with Crippen LogP contribution in [-0.4, -0.2) is 21.5 Å². The second kappa shape index (κ2) is 16.7. The molecule has 0 aliphatic rings. The molecule has 1 nitrogen and oxygen atoms in total. The first-order valence-corrected chi connectivity index (χ1v) is 8.70. The number of unbranched alkanes of at least 4 members (excludes halogenated alkanes) is 2. The minimum absolute atomic E-state index is 0.755. The minimum atomic E-state index is 0.755. The predicted octanol–water partition coefficient (Wildman–Crippen LogP) is 4.94. The van der Waals surface area contributed by atoms with Crippen LogP contribution >= 0.6 is 0 Å². The molecule has 0 aromatic carbocycles. The van der Waals surface area contributed by atoms with E-state index in [4.69, 9.17) is 0 Å². The Morgan fingerprint density at radius 2 is 1.61 bits per heavy atom. The lowest BCUT2D eigenvalue weighted by Gasteiger charge is -2.03. The highest BCUT2D eigenvalue weighted by atomic mass is 27.1. The van der Waals surface area contributed by atoms with E-state index in [1.807, 2.05) is 12.2 Å². The molecule has 0 unspecified atom stereocenters. The van der Waals surface area contributed by atoms with Gasteiger partial charge in [-0.15, -0.1) is 17.1 Å². The molecular formula is C16H30AlO. The van der Waals surface area contributed by atoms with Crippen LogP contribution in [0.15, 0.2) is 24.8 Å². The van der Waals surface area contributed by atoms with Gasteiger partial charge in [0.2, 0.25) is 15.2 Å². The maximum Gasteiger partial charge on any atom is 0.200 e. The van der Waals surface area contributed by atoms with Gasteiger partial charge in [-0.25, -0.2) is 0 Å². The van der Waals surface area contributed by atoms with Crippen LogP contribution in [0.4, 0.5) is 0 Å². The summed E-state index contributed by atoms with van der Waals surface area (Å²) in [5.74, 6) is 1.86. The molecule has 0 amide bonds. The lowest BCUT2D eigenvalue weighted by Crippen LogP contribution is -1.99. The van der Waals surface area contributed by atoms with Crippen LogP contribution in [0.25, 0.3) is 0 Å². The first-order chi connectivity index (χ1) is 8.54. The average molecular weight is 265 g/mol. The van der Waals surface area contributed by atoms with Gasteiger partial charge in [0.1, 0.15) is 6.29 Å². The van der Waals surface area contributed by atoms with Gasteiger partial charge < -0.3 is 0 Å². The number of rotatable bonds is 9. The van der Waals surface area contributed by atoms with E-state index in [0.717, 1.165) is 52.6 Å². The molecule has 0 atom stereocenters. The fourth-order valence-electron chi connectivity index (χ4n) is 1.29. The number of aldehydes is 1. The Bertz CT molecular complexity index is 199. The van der Waals surface area contributed by atoms with Gasteiger partial charge >= 0.3 is 0 Å². The molecule has 0 fully saturated rings. The van der Waals surface area contributed by atoms with E-state index >= 15 is 0 Å². The van der Waals surface area contributed by atoms with Crippen molar-refractivity contribution in [3.05, 3.63) is 24.8 Å². The van der Waals surface area contributed by atoms with E-state index < -0.39 is 0 Å². The van der Waals surface area contributed by atoms with Crippen molar-refractivity contribution < 1.29 is 4.79 Å². The van der Waals surface area contributed by atoms with E-state index in [9.17, 15) is 4.79 Å². The van der Waals surface area contributed by atoms with Gasteiger partial charge in [0.05, 0.1) is 0 Å². The van der Waals surface area contributed by atoms with E-state index in [2.05, 4.69) is 34.3 Å². The minimum Gasteiger partial charge on any atom is -0.299 e. The van der Waals surface area contributed by atoms with E-state index in [0.29, 0.717) is 0 Å². The maximum atomic E-state index is 9.73. The monoisotopic (exact) mass is 265 g/mol. The molecule has 0 N–H and O–H groups in total. The van der Waals surface area contributed by atoms with Crippen molar-refractivity contribution in [1.29, 1.82) is 0 Å². The van der Waals surface area contributed by atoms with Crippen molar-refractivity contribution in [2.45, 2.75) is 57.5 Å². The van der Waals surface area contributed by atoms with Crippen LogP contribution in [0.2, 0.25) is 10.6 Å². The topological polar surface area (TPSA) is 17.1 Å². The SMILES string of the molecule is C=CCCCC=CC=O.CC(C)[CH2][Al][CH2]C(C)C. The smallest absolute Gasteiger partial charge is 0.200 e. The van der Waals surface area contributed by atoms with E-state index in [-0.39, 0.29) is 0 Å². The van der Waals surface area contributed by atoms with E-state index in [1.54, 1.807) is 0 Å². The average Bonchev–Trinajstić information content (AvgIpc) is 2.29. The zero-order valence-corrected chi connectivity index (χ0v) is 13.8. The highest BCUT2D eigenvalue weighted by Gasteiger charge is 1.98. The molecule has 0 spiro atoms. The van der Waals surface area contributed by atoms with Crippen LogP contribution in [-0.2, 0) is 4.79 Å². The number of hydrogen-bond donors (Lipinski definition) is 0. The Balaban J connectivity index is 0. The molecule has 0 aromatic heterocycles. The fraction of sp³-hybridized carbons (Fsp3) is 0.688. The molecule has 0 rings (SSSR count). The summed E-state index contributed by atoms with van der Waals surface area (Å²) in [5, 5.41) is 2.97. The van der Waals surface area contributed by atoms with Crippen LogP contribution in [0.5, 0.6) is 0 Å². The second-order valence-corrected chi connectivity index (χ2v) is 6.85. The van der Waals surface area contributed by atoms with Gasteiger partial charge in [-0.05, 0) is 25.3 Å². The first-order valence-electron chi connectivity index (χ1n) is 7.07. The van der Waals surface area contributed by atoms with Crippen molar-refractivity contribution >= 4 is 21.5 Å². The molecule has 0 aliphatic heterocycles. The summed E-state index contributed by atoms with van der Waals surface area (Å²) < 4.78 is 0. The summed E-state index contributed by atoms with van der Waals surface area (Å²) in [7, 11) is 0. The Kier molecular flexibility index (Phi) is 18.5. The second-order valence-electron chi connectivity index (χ2n) is 5.33. The van der Waals surface area contributed by atoms with Gasteiger partial charge in [0.15, 0.2) is 0 Å². The molecule has 103 valence electrons. The van der Waals surface area contributed by atoms with Gasteiger partial charge in [-0.1, -0.05) is 51.7 Å². The Hall–Kier alpha value is -0.318. The predicted molar refractivity (Wildman–Crippen MR) is 84.3 cm³/mol. The fourth-order valence-corrected chi connectivity index (χ4v) is 2.82. The third kappa shape index (κ3) is 24.8. The highest BCUT2D eigenvalue weighted by molar-refractivity contribution is 6.35. The Labute approximate surface area is 120 Å². The Morgan fingerprint density at radius 1 is 1.06 bits per heavy atom. The highest BCUT2D eigenvalue weighted by Crippen LogP contribution is 2.05. The molecule has 0 aliphatic carbocycles. The molecule has 18 heavy (non-hydrogen) atoms. The van der Waals surface area contributed by atoms with Crippen LogP contribution in [0, 0.1) is 11.8 Å². The first kappa shape index (κ1) is 20.0. The summed E-state index contributed by atoms with van der Waals surface area (Å²) in [4.78, 5) is 9.73. The standard InChI is InChI=1S/C8H12O.2C4H9.Al/c1-2-3-4-5-6-7-8-9;2*1-4(2)3;/h2,6-8H,1,3-5H2;2*4H,1H2,2-3H3;. The largest absolute Gasteiger partial charge is 0.299 e. The molecule has 0 heterocycles. The molecule has 0 saturated heterocycles. The lowest BCUT2D eigenvalue weighted by atomic mass is 10.2. The van der Waals surface area contributed by atoms with Crippen molar-refractivity contribution in [2.75, 3.05) is 0 Å². The Morgan fingerprint density at radius 3 is 2.00 bits per heavy atom. The van der Waals surface area contributed by atoms with Gasteiger partial charge in [-0.2, -0.15) is 0 Å². The lowest BCUT2D eigenvalue weighted by molar-refractivity contribution is -0.104. The third-order valence-electron chi connectivity index (χ3n) is 2.27. The van der Waals surface area contributed by atoms with Crippen LogP contribution in [0.3, 0.4) is 0 Å². The molecule has 0 aromatic rings. The summed E-state index contributed by atoms with van der Waals surface area (Å²) in [6, 6.07) is 0. The zero-order chi connectivity index (χ0) is 14.2. The zero-order valence-electron chi connectivity index (χ0n) is 12.7. The van der Waals surface area contributed by atoms with Gasteiger partial charge in [0.25, 0.3) is 0 Å². The van der Waals surface area contributed by atoms with Crippen molar-refractivity contribution in [2.24, 2.45) is 11.8 Å². The normalized spacial score (nSPS) is 10.3. The maximum absolute atomic E-state index is 9.73. The number of hydrogen-bond acceptors (Lipinski definition) is 1. The quantitative estimate of drug-likeness (QED) is 0.190. The number of carbonyl (C=O) groups is 1. The van der Waals surface area contributed by atoms with Crippen LogP contribution < -0.4 is 0 Å². The molecular weight excluding hydrogens is 235 g/mol. The number of carbonyl (C=O) groups excluding carboxylic acids is 1. The summed E-state index contributed by atoms with van der Waals surface area (Å²) in [5.41, 5.74) is 0. The van der Waals surface area contributed by atoms with E-state index in [1.165, 1.54) is 16.6 Å². The number of allylic oxidation sites excluding steroid dienone is 3. The van der Waals surface area contributed by atoms with Crippen molar-refractivity contribution in [3.63, 3.8) is 0 Å². The molecule has 0 saturated carbocycles. The molecule has 1 radical (unpaired) electrons. The molecule has 2 heteroatoms. The van der Waals surface area contributed by atoms with Crippen LogP contribution in [0.1, 0.15) is 47.0 Å². The van der Waals surface area contributed by atoms with Gasteiger partial charge in [0, 0.05) is 0 Å². The summed E-state index contributed by atoms with van der Waals surface area (Å²) in [6.07, 6.45) is 9.18. The summed E-state index contributed by atoms with van der Waals surface area (Å²) in [6.45, 7) is 12.8. The summed E-state index contributed by atoms with van der Waals surface area (Å²) >= 11 is 0.755. The van der Waals surface area contributed by atoms with Crippen molar-refractivity contribution in [3.8, 4) is 0 Å². The third-order valence-corrected chi connectivity index (χ3v) is 4.82. The van der Waals surface area contributed by atoms with Gasteiger partial charge in [-0.3, -0.25) is 4.79 Å².